The molecule has 1 unspecified atom stereocenters. The molecule has 1 atom stereocenters. The summed E-state index contributed by atoms with van der Waals surface area (Å²) in [5.41, 5.74) is 0. The highest BCUT2D eigenvalue weighted by Gasteiger charge is 2.24. The monoisotopic (exact) mass is 325 g/mol. The highest BCUT2D eigenvalue weighted by atomic mass is 79.9. The Bertz CT molecular complexity index is 310. The fraction of sp³-hybridized carbons (Fsp3) is 1.00. The lowest BCUT2D eigenvalue weighted by molar-refractivity contribution is 0.382. The number of hydrogen-bond donors (Lipinski definition) is 1. The first-order valence-electron chi connectivity index (χ1n) is 6.50. The van der Waals surface area contributed by atoms with Gasteiger partial charge in [-0.3, -0.25) is 0 Å². The summed E-state index contributed by atoms with van der Waals surface area (Å²) in [6.07, 6.45) is 5.78. The van der Waals surface area contributed by atoms with E-state index in [0.29, 0.717) is 22.9 Å². The normalized spacial score (nSPS) is 20.7. The molecule has 1 saturated carbocycles. The second-order valence-electron chi connectivity index (χ2n) is 5.41. The third-order valence-corrected chi connectivity index (χ3v) is 5.75. The van der Waals surface area contributed by atoms with Crippen molar-refractivity contribution >= 4 is 26.0 Å². The van der Waals surface area contributed by atoms with E-state index in [4.69, 9.17) is 0 Å². The smallest absolute Gasteiger partial charge is 0.212 e. The molecule has 0 saturated heterocycles. The van der Waals surface area contributed by atoms with E-state index in [1.54, 1.807) is 0 Å². The molecule has 3 nitrogen and oxygen atoms in total. The summed E-state index contributed by atoms with van der Waals surface area (Å²) in [5, 5.41) is 0.675. The maximum absolute atomic E-state index is 12.0. The summed E-state index contributed by atoms with van der Waals surface area (Å²) in [6, 6.07) is 0.00332. The van der Waals surface area contributed by atoms with E-state index in [1.807, 2.05) is 13.8 Å². The number of rotatable bonds is 6. The van der Waals surface area contributed by atoms with E-state index in [2.05, 4.69) is 20.7 Å². The molecule has 102 valence electrons. The van der Waals surface area contributed by atoms with Crippen LogP contribution < -0.4 is 4.72 Å². The molecule has 1 rings (SSSR count). The van der Waals surface area contributed by atoms with E-state index >= 15 is 0 Å². The summed E-state index contributed by atoms with van der Waals surface area (Å²) >= 11 is 3.37. The van der Waals surface area contributed by atoms with Crippen molar-refractivity contribution in [2.24, 2.45) is 11.8 Å². The number of halogens is 1. The van der Waals surface area contributed by atoms with Crippen molar-refractivity contribution < 1.29 is 8.42 Å². The second kappa shape index (κ2) is 7.10. The molecule has 1 aliphatic rings. The van der Waals surface area contributed by atoms with Gasteiger partial charge in [-0.05, 0) is 24.7 Å². The second-order valence-corrected chi connectivity index (χ2v) is 7.85. The minimum atomic E-state index is -3.12. The van der Waals surface area contributed by atoms with Crippen LogP contribution in [0.3, 0.4) is 0 Å². The third-order valence-electron chi connectivity index (χ3n) is 3.48. The lowest BCUT2D eigenvalue weighted by Gasteiger charge is -2.24. The van der Waals surface area contributed by atoms with Gasteiger partial charge < -0.3 is 0 Å². The van der Waals surface area contributed by atoms with Crippen molar-refractivity contribution in [3.8, 4) is 0 Å². The Morgan fingerprint density at radius 2 is 1.82 bits per heavy atom. The Morgan fingerprint density at radius 1 is 1.24 bits per heavy atom. The molecular weight excluding hydrogens is 302 g/mol. The fourth-order valence-electron chi connectivity index (χ4n) is 2.29. The number of hydrogen-bond acceptors (Lipinski definition) is 2. The Hall–Kier alpha value is 0.390. The van der Waals surface area contributed by atoms with Crippen LogP contribution in [0, 0.1) is 11.8 Å². The maximum Gasteiger partial charge on any atom is 0.212 e. The first kappa shape index (κ1) is 15.4. The molecule has 0 radical (unpaired) electrons. The van der Waals surface area contributed by atoms with Crippen molar-refractivity contribution in [2.45, 2.75) is 52.0 Å². The molecule has 17 heavy (non-hydrogen) atoms. The molecule has 0 aromatic heterocycles. The van der Waals surface area contributed by atoms with Crippen LogP contribution >= 0.6 is 15.9 Å². The molecule has 0 aromatic rings. The van der Waals surface area contributed by atoms with Crippen molar-refractivity contribution in [1.29, 1.82) is 0 Å². The van der Waals surface area contributed by atoms with Crippen LogP contribution in [0.5, 0.6) is 0 Å². The van der Waals surface area contributed by atoms with Crippen LogP contribution in [-0.4, -0.2) is 25.5 Å². The van der Waals surface area contributed by atoms with Gasteiger partial charge in [-0.15, -0.1) is 0 Å². The summed E-state index contributed by atoms with van der Waals surface area (Å²) < 4.78 is 26.9. The Balaban J connectivity index is 2.49. The Kier molecular flexibility index (Phi) is 6.45. The summed E-state index contributed by atoms with van der Waals surface area (Å²) in [4.78, 5) is 0. The summed E-state index contributed by atoms with van der Waals surface area (Å²) in [7, 11) is -3.12. The van der Waals surface area contributed by atoms with Crippen molar-refractivity contribution in [1.82, 2.24) is 4.72 Å². The van der Waals surface area contributed by atoms with Crippen LogP contribution in [0.2, 0.25) is 0 Å². The first-order valence-corrected chi connectivity index (χ1v) is 9.28. The zero-order chi connectivity index (χ0) is 12.9. The number of alkyl halides is 1. The maximum atomic E-state index is 12.0. The van der Waals surface area contributed by atoms with Gasteiger partial charge in [0.25, 0.3) is 0 Å². The van der Waals surface area contributed by atoms with Gasteiger partial charge in [-0.1, -0.05) is 49.0 Å². The van der Waals surface area contributed by atoms with Gasteiger partial charge in [0.15, 0.2) is 0 Å². The van der Waals surface area contributed by atoms with E-state index in [1.165, 1.54) is 19.3 Å². The quantitative estimate of drug-likeness (QED) is 0.763. The molecule has 5 heteroatoms. The van der Waals surface area contributed by atoms with Gasteiger partial charge in [-0.25, -0.2) is 13.1 Å². The van der Waals surface area contributed by atoms with Crippen molar-refractivity contribution in [3.05, 3.63) is 0 Å². The van der Waals surface area contributed by atoms with Crippen molar-refractivity contribution in [3.63, 3.8) is 0 Å². The standard InChI is InChI=1S/C12H24BrNO2S/c1-10(2)12(8-13)14-17(15,16)9-11-6-4-3-5-7-11/h10-12,14H,3-9H2,1-2H3. The lowest BCUT2D eigenvalue weighted by atomic mass is 9.91. The van der Waals surface area contributed by atoms with Gasteiger partial charge in [0.1, 0.15) is 0 Å². The van der Waals surface area contributed by atoms with Crippen LogP contribution in [0.4, 0.5) is 0 Å². The van der Waals surface area contributed by atoms with Crippen LogP contribution in [0.15, 0.2) is 0 Å². The van der Waals surface area contributed by atoms with E-state index in [0.717, 1.165) is 12.8 Å². The predicted molar refractivity (Wildman–Crippen MR) is 75.9 cm³/mol. The minimum Gasteiger partial charge on any atom is -0.212 e. The molecule has 0 bridgehead atoms. The zero-order valence-electron chi connectivity index (χ0n) is 10.8. The number of sulfonamides is 1. The van der Waals surface area contributed by atoms with Gasteiger partial charge in [-0.2, -0.15) is 0 Å². The highest BCUT2D eigenvalue weighted by molar-refractivity contribution is 9.09. The van der Waals surface area contributed by atoms with E-state index in [9.17, 15) is 8.42 Å². The van der Waals surface area contributed by atoms with Crippen LogP contribution in [0.1, 0.15) is 46.0 Å². The Morgan fingerprint density at radius 3 is 2.29 bits per heavy atom. The molecular formula is C12H24BrNO2S. The topological polar surface area (TPSA) is 46.2 Å². The largest absolute Gasteiger partial charge is 0.212 e. The first-order chi connectivity index (χ1) is 7.94. The number of nitrogens with one attached hydrogen (secondary N) is 1. The molecule has 0 aromatic carbocycles. The van der Waals surface area contributed by atoms with Crippen LogP contribution in [-0.2, 0) is 10.0 Å². The Labute approximate surface area is 114 Å². The third kappa shape index (κ3) is 5.71. The molecule has 1 fully saturated rings. The molecule has 1 aliphatic carbocycles. The summed E-state index contributed by atoms with van der Waals surface area (Å²) in [6.45, 7) is 4.07. The van der Waals surface area contributed by atoms with Gasteiger partial charge >= 0.3 is 0 Å². The average Bonchev–Trinajstić information content (AvgIpc) is 2.26. The van der Waals surface area contributed by atoms with Gasteiger partial charge in [0, 0.05) is 11.4 Å². The van der Waals surface area contributed by atoms with Crippen molar-refractivity contribution in [2.75, 3.05) is 11.1 Å². The van der Waals surface area contributed by atoms with Crippen LogP contribution in [0.25, 0.3) is 0 Å². The average molecular weight is 326 g/mol. The van der Waals surface area contributed by atoms with Gasteiger partial charge in [0.05, 0.1) is 5.75 Å². The van der Waals surface area contributed by atoms with Gasteiger partial charge in [0.2, 0.25) is 10.0 Å². The van der Waals surface area contributed by atoms with E-state index in [-0.39, 0.29) is 6.04 Å². The fourth-order valence-corrected chi connectivity index (χ4v) is 5.28. The molecule has 0 aliphatic heterocycles. The molecule has 0 amide bonds. The zero-order valence-corrected chi connectivity index (χ0v) is 13.2. The SMILES string of the molecule is CC(C)C(CBr)NS(=O)(=O)CC1CCCCC1. The molecule has 0 heterocycles. The predicted octanol–water partition coefficient (Wildman–Crippen LogP) is 2.91. The molecule has 0 spiro atoms. The van der Waals surface area contributed by atoms with E-state index < -0.39 is 10.0 Å². The highest BCUT2D eigenvalue weighted by Crippen LogP contribution is 2.24. The molecule has 1 N–H and O–H groups in total. The minimum absolute atomic E-state index is 0.00332. The lowest BCUT2D eigenvalue weighted by Crippen LogP contribution is -2.42. The summed E-state index contributed by atoms with van der Waals surface area (Å²) in [5.74, 6) is 0.989.